The molecule has 2 aromatic heterocycles. The van der Waals surface area contributed by atoms with Crippen molar-refractivity contribution in [3.63, 3.8) is 0 Å². The predicted molar refractivity (Wildman–Crippen MR) is 69.6 cm³/mol. The van der Waals surface area contributed by atoms with Gasteiger partial charge in [-0.1, -0.05) is 11.6 Å². The lowest BCUT2D eigenvalue weighted by Crippen LogP contribution is -2.23. The Hall–Kier alpha value is -0.810. The Kier molecular flexibility index (Phi) is 4.62. The normalized spacial score (nSPS) is 12.8. The Morgan fingerprint density at radius 2 is 2.29 bits per heavy atom. The lowest BCUT2D eigenvalue weighted by Gasteiger charge is -2.08. The van der Waals surface area contributed by atoms with E-state index in [-0.39, 0.29) is 0 Å². The van der Waals surface area contributed by atoms with E-state index in [0.29, 0.717) is 12.3 Å². The number of halogens is 1. The quantitative estimate of drug-likeness (QED) is 0.794. The second kappa shape index (κ2) is 6.21. The van der Waals surface area contributed by atoms with Crippen molar-refractivity contribution in [3.8, 4) is 0 Å². The summed E-state index contributed by atoms with van der Waals surface area (Å²) in [5, 5.41) is 12.9. The second-order valence-electron chi connectivity index (χ2n) is 3.69. The van der Waals surface area contributed by atoms with Gasteiger partial charge in [-0.25, -0.2) is 0 Å². The first-order valence-corrected chi connectivity index (χ1v) is 6.61. The molecule has 0 radical (unpaired) electrons. The number of nitrogens with one attached hydrogen (secondary N) is 1. The molecule has 0 spiro atoms. The van der Waals surface area contributed by atoms with Gasteiger partial charge in [0.15, 0.2) is 0 Å². The highest BCUT2D eigenvalue weighted by molar-refractivity contribution is 7.16. The average molecular weight is 272 g/mol. The molecule has 0 saturated carbocycles. The molecule has 2 heterocycles. The molecule has 0 aliphatic rings. The van der Waals surface area contributed by atoms with Crippen LogP contribution in [-0.4, -0.2) is 18.2 Å². The zero-order valence-corrected chi connectivity index (χ0v) is 10.8. The third kappa shape index (κ3) is 3.85. The van der Waals surface area contributed by atoms with Crippen molar-refractivity contribution in [1.29, 1.82) is 0 Å². The fourth-order valence-electron chi connectivity index (χ4n) is 1.52. The topological polar surface area (TPSA) is 45.4 Å². The van der Waals surface area contributed by atoms with Gasteiger partial charge < -0.3 is 14.8 Å². The van der Waals surface area contributed by atoms with E-state index in [1.54, 1.807) is 29.7 Å². The number of aliphatic hydroxyl groups is 1. The van der Waals surface area contributed by atoms with Crippen molar-refractivity contribution in [1.82, 2.24) is 5.32 Å². The minimum absolute atomic E-state index is 0.493. The SMILES string of the molecule is OC(CNCCc1ccc(Cl)s1)c1ccco1. The van der Waals surface area contributed by atoms with E-state index >= 15 is 0 Å². The molecule has 2 rings (SSSR count). The second-order valence-corrected chi connectivity index (χ2v) is 5.49. The van der Waals surface area contributed by atoms with Crippen LogP contribution < -0.4 is 5.32 Å². The lowest BCUT2D eigenvalue weighted by atomic mass is 10.2. The van der Waals surface area contributed by atoms with Crippen LogP contribution >= 0.6 is 22.9 Å². The van der Waals surface area contributed by atoms with Crippen LogP contribution in [-0.2, 0) is 6.42 Å². The minimum atomic E-state index is -0.586. The van der Waals surface area contributed by atoms with E-state index in [1.165, 1.54) is 4.88 Å². The zero-order chi connectivity index (χ0) is 12.1. The summed E-state index contributed by atoms with van der Waals surface area (Å²) in [5.74, 6) is 0.594. The molecule has 92 valence electrons. The van der Waals surface area contributed by atoms with Crippen LogP contribution in [0.5, 0.6) is 0 Å². The molecule has 0 saturated heterocycles. The Morgan fingerprint density at radius 3 is 2.94 bits per heavy atom. The van der Waals surface area contributed by atoms with E-state index < -0.39 is 6.10 Å². The summed E-state index contributed by atoms with van der Waals surface area (Å²) < 4.78 is 5.92. The molecule has 2 aromatic rings. The first-order chi connectivity index (χ1) is 8.25. The van der Waals surface area contributed by atoms with Gasteiger partial charge in [0.05, 0.1) is 10.6 Å². The third-order valence-electron chi connectivity index (χ3n) is 2.39. The molecule has 0 amide bonds. The van der Waals surface area contributed by atoms with E-state index in [0.717, 1.165) is 17.3 Å². The van der Waals surface area contributed by atoms with Crippen LogP contribution in [0.15, 0.2) is 34.9 Å². The summed E-state index contributed by atoms with van der Waals surface area (Å²) in [6.45, 7) is 1.31. The van der Waals surface area contributed by atoms with Gasteiger partial charge in [0.25, 0.3) is 0 Å². The van der Waals surface area contributed by atoms with Crippen molar-refractivity contribution < 1.29 is 9.52 Å². The molecule has 0 aliphatic heterocycles. The Morgan fingerprint density at radius 1 is 1.41 bits per heavy atom. The minimum Gasteiger partial charge on any atom is -0.467 e. The highest BCUT2D eigenvalue weighted by Crippen LogP contribution is 2.21. The van der Waals surface area contributed by atoms with E-state index in [1.807, 2.05) is 12.1 Å². The van der Waals surface area contributed by atoms with Crippen molar-refractivity contribution >= 4 is 22.9 Å². The van der Waals surface area contributed by atoms with Gasteiger partial charge >= 0.3 is 0 Å². The highest BCUT2D eigenvalue weighted by Gasteiger charge is 2.09. The maximum atomic E-state index is 9.74. The summed E-state index contributed by atoms with van der Waals surface area (Å²) in [7, 11) is 0. The largest absolute Gasteiger partial charge is 0.467 e. The summed E-state index contributed by atoms with van der Waals surface area (Å²) >= 11 is 7.43. The number of thiophene rings is 1. The van der Waals surface area contributed by atoms with Crippen LogP contribution in [0.25, 0.3) is 0 Å². The van der Waals surface area contributed by atoms with E-state index in [4.69, 9.17) is 16.0 Å². The molecule has 0 aromatic carbocycles. The Labute approximate surface area is 109 Å². The van der Waals surface area contributed by atoms with Crippen molar-refractivity contribution in [2.24, 2.45) is 0 Å². The van der Waals surface area contributed by atoms with E-state index in [2.05, 4.69) is 5.32 Å². The molecule has 5 heteroatoms. The molecule has 3 nitrogen and oxygen atoms in total. The molecular formula is C12H14ClNO2S. The third-order valence-corrected chi connectivity index (χ3v) is 3.68. The van der Waals surface area contributed by atoms with Crippen LogP contribution in [0.3, 0.4) is 0 Å². The number of hydrogen-bond donors (Lipinski definition) is 2. The van der Waals surface area contributed by atoms with Crippen LogP contribution in [0.2, 0.25) is 4.34 Å². The summed E-state index contributed by atoms with van der Waals surface area (Å²) in [6, 6.07) is 7.47. The Balaban J connectivity index is 1.66. The molecule has 0 bridgehead atoms. The van der Waals surface area contributed by atoms with Gasteiger partial charge in [0, 0.05) is 18.0 Å². The highest BCUT2D eigenvalue weighted by atomic mass is 35.5. The van der Waals surface area contributed by atoms with Crippen LogP contribution in [0.4, 0.5) is 0 Å². The van der Waals surface area contributed by atoms with Crippen molar-refractivity contribution in [3.05, 3.63) is 45.5 Å². The molecular weight excluding hydrogens is 258 g/mol. The summed E-state index contributed by atoms with van der Waals surface area (Å²) in [6.07, 6.45) is 1.89. The summed E-state index contributed by atoms with van der Waals surface area (Å²) in [5.41, 5.74) is 0. The predicted octanol–water partition coefficient (Wildman–Crippen LogP) is 2.86. The molecule has 2 N–H and O–H groups in total. The van der Waals surface area contributed by atoms with Crippen LogP contribution in [0, 0.1) is 0 Å². The van der Waals surface area contributed by atoms with Gasteiger partial charge in [-0.15, -0.1) is 11.3 Å². The van der Waals surface area contributed by atoms with Gasteiger partial charge in [-0.05, 0) is 30.7 Å². The molecule has 0 aliphatic carbocycles. The van der Waals surface area contributed by atoms with E-state index in [9.17, 15) is 5.11 Å². The Bertz CT molecular complexity index is 441. The number of rotatable bonds is 6. The maximum Gasteiger partial charge on any atom is 0.133 e. The zero-order valence-electron chi connectivity index (χ0n) is 9.23. The number of furan rings is 1. The average Bonchev–Trinajstić information content (AvgIpc) is 2.95. The van der Waals surface area contributed by atoms with Gasteiger partial charge in [-0.3, -0.25) is 0 Å². The smallest absolute Gasteiger partial charge is 0.133 e. The van der Waals surface area contributed by atoms with Crippen molar-refractivity contribution in [2.45, 2.75) is 12.5 Å². The van der Waals surface area contributed by atoms with Crippen LogP contribution in [0.1, 0.15) is 16.7 Å². The molecule has 17 heavy (non-hydrogen) atoms. The number of aliphatic hydroxyl groups excluding tert-OH is 1. The fourth-order valence-corrected chi connectivity index (χ4v) is 2.60. The lowest BCUT2D eigenvalue weighted by molar-refractivity contribution is 0.148. The maximum absolute atomic E-state index is 9.74. The van der Waals surface area contributed by atoms with Crippen molar-refractivity contribution in [2.75, 3.05) is 13.1 Å². The van der Waals surface area contributed by atoms with Gasteiger partial charge in [-0.2, -0.15) is 0 Å². The fraction of sp³-hybridized carbons (Fsp3) is 0.333. The van der Waals surface area contributed by atoms with Gasteiger partial charge in [0.1, 0.15) is 11.9 Å². The monoisotopic (exact) mass is 271 g/mol. The first kappa shape index (κ1) is 12.6. The molecule has 1 atom stereocenters. The standard InChI is InChI=1S/C12H14ClNO2S/c13-12-4-3-9(17-12)5-6-14-8-10(15)11-2-1-7-16-11/h1-4,7,10,14-15H,5-6,8H2. The number of hydrogen-bond acceptors (Lipinski definition) is 4. The molecule has 1 unspecified atom stereocenters. The van der Waals surface area contributed by atoms with Gasteiger partial charge in [0.2, 0.25) is 0 Å². The first-order valence-electron chi connectivity index (χ1n) is 5.42. The summed E-state index contributed by atoms with van der Waals surface area (Å²) in [4.78, 5) is 1.25. The molecule has 0 fully saturated rings.